The van der Waals surface area contributed by atoms with Crippen LogP contribution in [-0.2, 0) is 4.79 Å². The van der Waals surface area contributed by atoms with Crippen molar-refractivity contribution in [3.63, 3.8) is 0 Å². The molecule has 2 N–H and O–H groups in total. The summed E-state index contributed by atoms with van der Waals surface area (Å²) in [5.74, 6) is -0.323. The maximum atomic E-state index is 12.4. The maximum absolute atomic E-state index is 12.4. The number of hydrogen-bond acceptors (Lipinski definition) is 4. The van der Waals surface area contributed by atoms with Crippen molar-refractivity contribution in [1.82, 2.24) is 15.5 Å². The van der Waals surface area contributed by atoms with Gasteiger partial charge in [0.25, 0.3) is 5.91 Å². The Morgan fingerprint density at radius 3 is 2.11 bits per heavy atom. The summed E-state index contributed by atoms with van der Waals surface area (Å²) >= 11 is 5.11. The van der Waals surface area contributed by atoms with Gasteiger partial charge in [-0.25, -0.2) is 0 Å². The van der Waals surface area contributed by atoms with Crippen molar-refractivity contribution in [3.05, 3.63) is 66.2 Å². The molecule has 0 bridgehead atoms. The number of hydrogen-bond donors (Lipinski definition) is 2. The normalized spacial score (nSPS) is 13.8. The quantitative estimate of drug-likeness (QED) is 0.787. The van der Waals surface area contributed by atoms with Crippen LogP contribution in [0.4, 0.5) is 5.69 Å². The van der Waals surface area contributed by atoms with Crippen molar-refractivity contribution in [3.8, 4) is 0 Å². The zero-order chi connectivity index (χ0) is 19.1. The summed E-state index contributed by atoms with van der Waals surface area (Å²) in [6.45, 7) is 2.99. The minimum atomic E-state index is -0.294. The van der Waals surface area contributed by atoms with Gasteiger partial charge in [0.2, 0.25) is 5.91 Å². The van der Waals surface area contributed by atoms with E-state index in [1.165, 1.54) is 5.69 Å². The molecular weight excluding hydrogens is 360 g/mol. The van der Waals surface area contributed by atoms with E-state index in [4.69, 9.17) is 12.2 Å². The van der Waals surface area contributed by atoms with Crippen LogP contribution in [0.2, 0.25) is 0 Å². The van der Waals surface area contributed by atoms with Gasteiger partial charge < -0.3 is 15.1 Å². The molecule has 3 rings (SSSR count). The average molecular weight is 382 g/mol. The van der Waals surface area contributed by atoms with Crippen LogP contribution in [0.5, 0.6) is 0 Å². The highest BCUT2D eigenvalue weighted by atomic mass is 32.1. The molecule has 1 aliphatic heterocycles. The summed E-state index contributed by atoms with van der Waals surface area (Å²) in [5, 5.41) is 5.56. The Labute approximate surface area is 164 Å². The number of benzene rings is 2. The topological polar surface area (TPSA) is 64.7 Å². The largest absolute Gasteiger partial charge is 0.368 e. The Hall–Kier alpha value is -2.93. The molecule has 2 amide bonds. The third kappa shape index (κ3) is 5.27. The number of nitrogens with zero attached hydrogens (tertiary/aromatic N) is 2. The lowest BCUT2D eigenvalue weighted by atomic mass is 10.2. The molecule has 0 atom stereocenters. The molecule has 1 fully saturated rings. The molecule has 0 saturated carbocycles. The molecule has 6 nitrogen and oxygen atoms in total. The smallest absolute Gasteiger partial charge is 0.257 e. The molecule has 2 aromatic rings. The Morgan fingerprint density at radius 2 is 1.48 bits per heavy atom. The van der Waals surface area contributed by atoms with Gasteiger partial charge in [0, 0.05) is 37.4 Å². The molecule has 0 spiro atoms. The fourth-order valence-electron chi connectivity index (χ4n) is 2.93. The SMILES string of the molecule is O=C(NC(=S)NCC(=O)N1CCN(c2ccccc2)CC1)c1ccccc1. The average Bonchev–Trinajstić information content (AvgIpc) is 2.73. The van der Waals surface area contributed by atoms with Gasteiger partial charge in [0.05, 0.1) is 6.54 Å². The molecule has 27 heavy (non-hydrogen) atoms. The van der Waals surface area contributed by atoms with Crippen LogP contribution >= 0.6 is 12.2 Å². The van der Waals surface area contributed by atoms with Gasteiger partial charge in [-0.1, -0.05) is 36.4 Å². The number of nitrogens with one attached hydrogen (secondary N) is 2. The lowest BCUT2D eigenvalue weighted by molar-refractivity contribution is -0.130. The first-order chi connectivity index (χ1) is 13.1. The first-order valence-electron chi connectivity index (χ1n) is 8.85. The Bertz CT molecular complexity index is 790. The molecule has 0 aliphatic carbocycles. The van der Waals surface area contributed by atoms with E-state index in [9.17, 15) is 9.59 Å². The van der Waals surface area contributed by atoms with Crippen molar-refractivity contribution >= 4 is 34.8 Å². The lowest BCUT2D eigenvalue weighted by Crippen LogP contribution is -2.52. The van der Waals surface area contributed by atoms with E-state index in [0.29, 0.717) is 18.7 Å². The van der Waals surface area contributed by atoms with Gasteiger partial charge in [0.1, 0.15) is 0 Å². The van der Waals surface area contributed by atoms with Crippen LogP contribution in [0, 0.1) is 0 Å². The minimum absolute atomic E-state index is 0.0287. The molecule has 1 heterocycles. The molecular formula is C20H22N4O2S. The summed E-state index contributed by atoms with van der Waals surface area (Å²) in [6, 6.07) is 19.0. The number of thiocarbonyl (C=S) groups is 1. The number of carbonyl (C=O) groups excluding carboxylic acids is 2. The Kier molecular flexibility index (Phi) is 6.38. The monoisotopic (exact) mass is 382 g/mol. The van der Waals surface area contributed by atoms with E-state index in [1.54, 1.807) is 24.3 Å². The molecule has 0 unspecified atom stereocenters. The van der Waals surface area contributed by atoms with E-state index < -0.39 is 0 Å². The predicted octanol–water partition coefficient (Wildman–Crippen LogP) is 1.64. The number of amides is 2. The Balaban J connectivity index is 1.41. The highest BCUT2D eigenvalue weighted by Gasteiger charge is 2.21. The molecule has 1 saturated heterocycles. The summed E-state index contributed by atoms with van der Waals surface area (Å²) in [5.41, 5.74) is 1.69. The van der Waals surface area contributed by atoms with Crippen LogP contribution < -0.4 is 15.5 Å². The molecule has 1 aliphatic rings. The van der Waals surface area contributed by atoms with Crippen LogP contribution in [-0.4, -0.2) is 54.6 Å². The van der Waals surface area contributed by atoms with E-state index in [-0.39, 0.29) is 23.5 Å². The summed E-state index contributed by atoms with van der Waals surface area (Å²) in [4.78, 5) is 28.5. The summed E-state index contributed by atoms with van der Waals surface area (Å²) in [7, 11) is 0. The lowest BCUT2D eigenvalue weighted by Gasteiger charge is -2.36. The number of anilines is 1. The van der Waals surface area contributed by atoms with Crippen molar-refractivity contribution in [2.75, 3.05) is 37.6 Å². The van der Waals surface area contributed by atoms with Gasteiger partial charge in [-0.3, -0.25) is 14.9 Å². The molecule has 0 radical (unpaired) electrons. The van der Waals surface area contributed by atoms with E-state index in [1.807, 2.05) is 29.2 Å². The second-order valence-electron chi connectivity index (χ2n) is 6.21. The van der Waals surface area contributed by atoms with Gasteiger partial charge >= 0.3 is 0 Å². The van der Waals surface area contributed by atoms with Gasteiger partial charge in [0.15, 0.2) is 5.11 Å². The van der Waals surface area contributed by atoms with E-state index >= 15 is 0 Å². The maximum Gasteiger partial charge on any atom is 0.257 e. The molecule has 140 valence electrons. The van der Waals surface area contributed by atoms with Crippen LogP contribution in [0.15, 0.2) is 60.7 Å². The third-order valence-electron chi connectivity index (χ3n) is 4.42. The molecule has 7 heteroatoms. The predicted molar refractivity (Wildman–Crippen MR) is 110 cm³/mol. The number of rotatable bonds is 4. The van der Waals surface area contributed by atoms with E-state index in [0.717, 1.165) is 13.1 Å². The first-order valence-corrected chi connectivity index (χ1v) is 9.26. The van der Waals surface area contributed by atoms with Gasteiger partial charge in [-0.15, -0.1) is 0 Å². The van der Waals surface area contributed by atoms with Crippen molar-refractivity contribution in [1.29, 1.82) is 0 Å². The second-order valence-corrected chi connectivity index (χ2v) is 6.61. The zero-order valence-corrected chi connectivity index (χ0v) is 15.7. The van der Waals surface area contributed by atoms with Crippen LogP contribution in [0.3, 0.4) is 0 Å². The number of para-hydroxylation sites is 1. The van der Waals surface area contributed by atoms with Crippen molar-refractivity contribution in [2.45, 2.75) is 0 Å². The minimum Gasteiger partial charge on any atom is -0.368 e. The zero-order valence-electron chi connectivity index (χ0n) is 14.9. The fourth-order valence-corrected chi connectivity index (χ4v) is 3.09. The molecule has 0 aromatic heterocycles. The third-order valence-corrected chi connectivity index (χ3v) is 4.66. The van der Waals surface area contributed by atoms with Crippen molar-refractivity contribution in [2.24, 2.45) is 0 Å². The highest BCUT2D eigenvalue weighted by Crippen LogP contribution is 2.15. The van der Waals surface area contributed by atoms with Crippen LogP contribution in [0.1, 0.15) is 10.4 Å². The number of carbonyl (C=O) groups is 2. The Morgan fingerprint density at radius 1 is 0.889 bits per heavy atom. The summed E-state index contributed by atoms with van der Waals surface area (Å²) < 4.78 is 0. The standard InChI is InChI=1S/C20H22N4O2S/c25-18(15-21-20(27)22-19(26)16-7-3-1-4-8-16)24-13-11-23(12-14-24)17-9-5-2-6-10-17/h1-10H,11-15H2,(H2,21,22,26,27). The first kappa shape index (κ1) is 18.8. The van der Waals surface area contributed by atoms with Gasteiger partial charge in [-0.05, 0) is 36.5 Å². The van der Waals surface area contributed by atoms with E-state index in [2.05, 4.69) is 27.7 Å². The highest BCUT2D eigenvalue weighted by molar-refractivity contribution is 7.80. The van der Waals surface area contributed by atoms with Crippen molar-refractivity contribution < 1.29 is 9.59 Å². The van der Waals surface area contributed by atoms with Crippen LogP contribution in [0.25, 0.3) is 0 Å². The second kappa shape index (κ2) is 9.14. The molecule has 2 aromatic carbocycles. The fraction of sp³-hybridized carbons (Fsp3) is 0.250. The number of piperazine rings is 1. The summed E-state index contributed by atoms with van der Waals surface area (Å²) in [6.07, 6.45) is 0. The van der Waals surface area contributed by atoms with Gasteiger partial charge in [-0.2, -0.15) is 0 Å².